The molecule has 0 spiro atoms. The molecule has 1 heterocycles. The quantitative estimate of drug-likeness (QED) is 0.779. The summed E-state index contributed by atoms with van der Waals surface area (Å²) in [6, 6.07) is 0.452. The van der Waals surface area contributed by atoms with Crippen molar-refractivity contribution in [2.75, 3.05) is 20.3 Å². The maximum Gasteiger partial charge on any atom is 0.308 e. The number of rotatable bonds is 4. The lowest BCUT2D eigenvalue weighted by atomic mass is 9.85. The Labute approximate surface area is 109 Å². The van der Waals surface area contributed by atoms with Crippen LogP contribution in [0.1, 0.15) is 44.9 Å². The van der Waals surface area contributed by atoms with E-state index in [9.17, 15) is 4.79 Å². The van der Waals surface area contributed by atoms with Crippen molar-refractivity contribution in [2.24, 2.45) is 5.92 Å². The highest BCUT2D eigenvalue weighted by Gasteiger charge is 2.28. The molecule has 4 heteroatoms. The van der Waals surface area contributed by atoms with Gasteiger partial charge in [0.05, 0.1) is 19.1 Å². The molecular weight excluding hydrogens is 230 g/mol. The molecule has 1 N–H and O–H groups in total. The number of carbonyl (C=O) groups excluding carboxylic acids is 1. The minimum atomic E-state index is -0.0459. The monoisotopic (exact) mass is 255 g/mol. The second-order valence-corrected chi connectivity index (χ2v) is 5.48. The second kappa shape index (κ2) is 7.10. The van der Waals surface area contributed by atoms with E-state index in [2.05, 4.69) is 5.32 Å². The molecular formula is C14H25NO3. The molecule has 3 unspecified atom stereocenters. The lowest BCUT2D eigenvalue weighted by Gasteiger charge is -2.30. The van der Waals surface area contributed by atoms with Crippen LogP contribution in [0.4, 0.5) is 0 Å². The number of methoxy groups -OCH3 is 1. The minimum absolute atomic E-state index is 0.0459. The third kappa shape index (κ3) is 3.95. The van der Waals surface area contributed by atoms with Gasteiger partial charge in [-0.3, -0.25) is 4.79 Å². The van der Waals surface area contributed by atoms with Gasteiger partial charge in [0.25, 0.3) is 0 Å². The fourth-order valence-corrected chi connectivity index (χ4v) is 3.02. The summed E-state index contributed by atoms with van der Waals surface area (Å²) >= 11 is 0. The fourth-order valence-electron chi connectivity index (χ4n) is 3.02. The Kier molecular flexibility index (Phi) is 5.45. The topological polar surface area (TPSA) is 47.6 Å². The first-order valence-electron chi connectivity index (χ1n) is 7.22. The molecule has 0 bridgehead atoms. The van der Waals surface area contributed by atoms with E-state index >= 15 is 0 Å². The van der Waals surface area contributed by atoms with E-state index < -0.39 is 0 Å². The highest BCUT2D eigenvalue weighted by molar-refractivity contribution is 5.72. The Bertz CT molecular complexity index is 264. The van der Waals surface area contributed by atoms with E-state index in [0.29, 0.717) is 12.1 Å². The average molecular weight is 255 g/mol. The van der Waals surface area contributed by atoms with Gasteiger partial charge in [0, 0.05) is 19.2 Å². The molecule has 2 rings (SSSR count). The third-order valence-electron chi connectivity index (χ3n) is 4.12. The highest BCUT2D eigenvalue weighted by atomic mass is 16.5. The van der Waals surface area contributed by atoms with Crippen LogP contribution in [0.5, 0.6) is 0 Å². The molecule has 1 aliphatic carbocycles. The van der Waals surface area contributed by atoms with Crippen molar-refractivity contribution >= 4 is 5.97 Å². The molecule has 2 fully saturated rings. The van der Waals surface area contributed by atoms with Gasteiger partial charge in [-0.15, -0.1) is 0 Å². The predicted molar refractivity (Wildman–Crippen MR) is 69.4 cm³/mol. The van der Waals surface area contributed by atoms with E-state index in [-0.39, 0.29) is 11.9 Å². The third-order valence-corrected chi connectivity index (χ3v) is 4.12. The van der Waals surface area contributed by atoms with Gasteiger partial charge in [-0.25, -0.2) is 0 Å². The lowest BCUT2D eigenvalue weighted by molar-refractivity contribution is -0.146. The number of carbonyl (C=O) groups is 1. The molecule has 2 aliphatic rings. The van der Waals surface area contributed by atoms with Crippen LogP contribution in [-0.2, 0) is 14.3 Å². The van der Waals surface area contributed by atoms with Gasteiger partial charge in [0.15, 0.2) is 0 Å². The molecule has 1 aliphatic heterocycles. The number of ether oxygens (including phenoxy) is 2. The van der Waals surface area contributed by atoms with E-state index in [4.69, 9.17) is 9.47 Å². The van der Waals surface area contributed by atoms with Crippen molar-refractivity contribution in [1.82, 2.24) is 5.32 Å². The van der Waals surface area contributed by atoms with Crippen LogP contribution in [-0.4, -0.2) is 38.4 Å². The van der Waals surface area contributed by atoms with E-state index in [0.717, 1.165) is 32.4 Å². The molecule has 0 aromatic carbocycles. The van der Waals surface area contributed by atoms with E-state index in [1.165, 1.54) is 32.8 Å². The molecule has 0 amide bonds. The largest absolute Gasteiger partial charge is 0.469 e. The maximum absolute atomic E-state index is 11.5. The van der Waals surface area contributed by atoms with Crippen molar-refractivity contribution in [2.45, 2.75) is 57.1 Å². The Hall–Kier alpha value is -0.610. The number of nitrogens with one attached hydrogen (secondary N) is 1. The van der Waals surface area contributed by atoms with Gasteiger partial charge in [0.1, 0.15) is 0 Å². The van der Waals surface area contributed by atoms with Crippen LogP contribution in [0.15, 0.2) is 0 Å². The molecule has 18 heavy (non-hydrogen) atoms. The summed E-state index contributed by atoms with van der Waals surface area (Å²) in [6.07, 6.45) is 8.19. The summed E-state index contributed by atoms with van der Waals surface area (Å²) in [6.45, 7) is 1.83. The van der Waals surface area contributed by atoms with Gasteiger partial charge in [-0.05, 0) is 38.5 Å². The fraction of sp³-hybridized carbons (Fsp3) is 0.929. The summed E-state index contributed by atoms with van der Waals surface area (Å²) in [5.41, 5.74) is 0. The van der Waals surface area contributed by atoms with Gasteiger partial charge < -0.3 is 14.8 Å². The van der Waals surface area contributed by atoms with Crippen LogP contribution >= 0.6 is 0 Å². The summed E-state index contributed by atoms with van der Waals surface area (Å²) in [5, 5.41) is 3.57. The molecule has 104 valence electrons. The summed E-state index contributed by atoms with van der Waals surface area (Å²) < 4.78 is 10.6. The van der Waals surface area contributed by atoms with Crippen molar-refractivity contribution < 1.29 is 14.3 Å². The molecule has 0 aromatic heterocycles. The van der Waals surface area contributed by atoms with Crippen LogP contribution in [0.3, 0.4) is 0 Å². The Morgan fingerprint density at radius 2 is 2.17 bits per heavy atom. The van der Waals surface area contributed by atoms with Crippen LogP contribution in [0.2, 0.25) is 0 Å². The molecule has 1 saturated carbocycles. The maximum atomic E-state index is 11.5. The SMILES string of the molecule is COC(=O)C1CCCC(NCC2CCCCO2)C1. The smallest absolute Gasteiger partial charge is 0.308 e. The molecule has 0 aromatic rings. The van der Waals surface area contributed by atoms with E-state index in [1.54, 1.807) is 0 Å². The summed E-state index contributed by atoms with van der Waals surface area (Å²) in [7, 11) is 1.48. The van der Waals surface area contributed by atoms with Crippen LogP contribution in [0, 0.1) is 5.92 Å². The van der Waals surface area contributed by atoms with Gasteiger partial charge in [-0.1, -0.05) is 6.42 Å². The van der Waals surface area contributed by atoms with Crippen molar-refractivity contribution in [1.29, 1.82) is 0 Å². The lowest BCUT2D eigenvalue weighted by Crippen LogP contribution is -2.41. The zero-order valence-electron chi connectivity index (χ0n) is 11.3. The first-order chi connectivity index (χ1) is 8.79. The number of esters is 1. The second-order valence-electron chi connectivity index (χ2n) is 5.48. The molecule has 3 atom stereocenters. The van der Waals surface area contributed by atoms with Gasteiger partial charge in [0.2, 0.25) is 0 Å². The normalized spacial score (nSPS) is 33.1. The Morgan fingerprint density at radius 3 is 2.89 bits per heavy atom. The van der Waals surface area contributed by atoms with Gasteiger partial charge >= 0.3 is 5.97 Å². The number of hydrogen-bond donors (Lipinski definition) is 1. The highest BCUT2D eigenvalue weighted by Crippen LogP contribution is 2.25. The van der Waals surface area contributed by atoms with E-state index in [1.807, 2.05) is 0 Å². The summed E-state index contributed by atoms with van der Waals surface area (Å²) in [4.78, 5) is 11.5. The first kappa shape index (κ1) is 13.8. The predicted octanol–water partition coefficient (Wildman–Crippen LogP) is 1.88. The Morgan fingerprint density at radius 1 is 1.28 bits per heavy atom. The van der Waals surface area contributed by atoms with Crippen molar-refractivity contribution in [3.05, 3.63) is 0 Å². The Balaban J connectivity index is 1.70. The molecule has 4 nitrogen and oxygen atoms in total. The standard InChI is InChI=1S/C14H25NO3/c1-17-14(16)11-5-4-6-12(9-11)15-10-13-7-2-3-8-18-13/h11-13,15H,2-10H2,1H3. The molecule has 1 saturated heterocycles. The molecule has 0 radical (unpaired) electrons. The van der Waals surface area contributed by atoms with Crippen molar-refractivity contribution in [3.8, 4) is 0 Å². The summed E-state index contributed by atoms with van der Waals surface area (Å²) in [5.74, 6) is 0.0453. The van der Waals surface area contributed by atoms with Crippen molar-refractivity contribution in [3.63, 3.8) is 0 Å². The van der Waals surface area contributed by atoms with Crippen LogP contribution < -0.4 is 5.32 Å². The minimum Gasteiger partial charge on any atom is -0.469 e. The zero-order valence-corrected chi connectivity index (χ0v) is 11.3. The average Bonchev–Trinajstić information content (AvgIpc) is 2.45. The number of hydrogen-bond acceptors (Lipinski definition) is 4. The zero-order chi connectivity index (χ0) is 12.8. The van der Waals surface area contributed by atoms with Gasteiger partial charge in [-0.2, -0.15) is 0 Å². The first-order valence-corrected chi connectivity index (χ1v) is 7.22. The van der Waals surface area contributed by atoms with Crippen LogP contribution in [0.25, 0.3) is 0 Å².